The molecule has 150 valence electrons. The molecule has 0 aliphatic carbocycles. The number of carboxylic acid groups (broad SMARTS) is 1. The summed E-state index contributed by atoms with van der Waals surface area (Å²) in [6, 6.07) is 12.4. The standard InChI is InChI=1S/C20H18BrFN4O3/c21-15-3-1-2-13(8-15)9-18(10-19(27)28)26-12-17(24-25-26)11-23-20(29)14-4-6-16(22)7-5-14/h1-8,12,18H,9-11H2,(H,23,29)(H,27,28). The first kappa shape index (κ1) is 20.7. The van der Waals surface area contributed by atoms with Crippen LogP contribution < -0.4 is 5.32 Å². The predicted octanol–water partition coefficient (Wildman–Crippen LogP) is 3.37. The van der Waals surface area contributed by atoms with Gasteiger partial charge in [-0.1, -0.05) is 33.3 Å². The number of amides is 1. The van der Waals surface area contributed by atoms with Crippen LogP contribution in [0, 0.1) is 5.82 Å². The first-order valence-electron chi connectivity index (χ1n) is 8.81. The zero-order valence-corrected chi connectivity index (χ0v) is 16.8. The second-order valence-electron chi connectivity index (χ2n) is 6.47. The minimum Gasteiger partial charge on any atom is -0.481 e. The summed E-state index contributed by atoms with van der Waals surface area (Å²) in [5.41, 5.74) is 1.79. The Kier molecular flexibility index (Phi) is 6.71. The van der Waals surface area contributed by atoms with Crippen LogP contribution in [0.25, 0.3) is 0 Å². The quantitative estimate of drug-likeness (QED) is 0.536. The number of carboxylic acids is 1. The van der Waals surface area contributed by atoms with Crippen molar-refractivity contribution in [2.24, 2.45) is 0 Å². The molecule has 1 heterocycles. The molecule has 0 saturated heterocycles. The van der Waals surface area contributed by atoms with Crippen LogP contribution in [0.15, 0.2) is 59.2 Å². The van der Waals surface area contributed by atoms with Crippen molar-refractivity contribution in [3.05, 3.63) is 81.8 Å². The van der Waals surface area contributed by atoms with Gasteiger partial charge in [0.05, 0.1) is 25.2 Å². The minimum atomic E-state index is -0.938. The fourth-order valence-corrected chi connectivity index (χ4v) is 3.29. The number of hydrogen-bond donors (Lipinski definition) is 2. The minimum absolute atomic E-state index is 0.114. The summed E-state index contributed by atoms with van der Waals surface area (Å²) in [4.78, 5) is 23.4. The molecule has 3 rings (SSSR count). The second-order valence-corrected chi connectivity index (χ2v) is 7.38. The molecule has 2 N–H and O–H groups in total. The van der Waals surface area contributed by atoms with E-state index in [1.165, 1.54) is 28.9 Å². The Labute approximate surface area is 174 Å². The van der Waals surface area contributed by atoms with Crippen molar-refractivity contribution in [2.45, 2.75) is 25.4 Å². The number of aliphatic carboxylic acids is 1. The number of nitrogens with zero attached hydrogens (tertiary/aromatic N) is 3. The molecule has 0 saturated carbocycles. The van der Waals surface area contributed by atoms with Crippen LogP contribution in [-0.4, -0.2) is 32.0 Å². The lowest BCUT2D eigenvalue weighted by Crippen LogP contribution is -2.23. The lowest BCUT2D eigenvalue weighted by atomic mass is 10.0. The average Bonchev–Trinajstić information content (AvgIpc) is 3.15. The number of carbonyl (C=O) groups excluding carboxylic acids is 1. The van der Waals surface area contributed by atoms with Gasteiger partial charge < -0.3 is 10.4 Å². The molecule has 7 nitrogen and oxygen atoms in total. The summed E-state index contributed by atoms with van der Waals surface area (Å²) >= 11 is 3.41. The molecule has 0 radical (unpaired) electrons. The SMILES string of the molecule is O=C(O)CC(Cc1cccc(Br)c1)n1cc(CNC(=O)c2ccc(F)cc2)nn1. The highest BCUT2D eigenvalue weighted by Gasteiger charge is 2.18. The van der Waals surface area contributed by atoms with E-state index in [1.807, 2.05) is 24.3 Å². The van der Waals surface area contributed by atoms with Gasteiger partial charge in [-0.3, -0.25) is 9.59 Å². The Bertz CT molecular complexity index is 1010. The van der Waals surface area contributed by atoms with Crippen molar-refractivity contribution in [2.75, 3.05) is 0 Å². The summed E-state index contributed by atoms with van der Waals surface area (Å²) in [6.07, 6.45) is 1.98. The Morgan fingerprint density at radius 2 is 1.97 bits per heavy atom. The lowest BCUT2D eigenvalue weighted by molar-refractivity contribution is -0.138. The van der Waals surface area contributed by atoms with Gasteiger partial charge in [0.1, 0.15) is 11.5 Å². The fourth-order valence-electron chi connectivity index (χ4n) is 2.84. The van der Waals surface area contributed by atoms with E-state index in [-0.39, 0.29) is 18.9 Å². The number of hydrogen-bond acceptors (Lipinski definition) is 4. The molecule has 1 unspecified atom stereocenters. The van der Waals surface area contributed by atoms with Gasteiger partial charge in [0.2, 0.25) is 0 Å². The smallest absolute Gasteiger partial charge is 0.305 e. The van der Waals surface area contributed by atoms with E-state index in [4.69, 9.17) is 0 Å². The van der Waals surface area contributed by atoms with Crippen LogP contribution in [0.1, 0.15) is 34.1 Å². The highest BCUT2D eigenvalue weighted by atomic mass is 79.9. The van der Waals surface area contributed by atoms with Crippen LogP contribution in [0.5, 0.6) is 0 Å². The van der Waals surface area contributed by atoms with Crippen molar-refractivity contribution in [1.29, 1.82) is 0 Å². The van der Waals surface area contributed by atoms with E-state index < -0.39 is 17.8 Å². The molecule has 0 fully saturated rings. The highest BCUT2D eigenvalue weighted by molar-refractivity contribution is 9.10. The zero-order valence-electron chi connectivity index (χ0n) is 15.3. The topological polar surface area (TPSA) is 97.1 Å². The van der Waals surface area contributed by atoms with Gasteiger partial charge in [0.25, 0.3) is 5.91 Å². The van der Waals surface area contributed by atoms with E-state index in [1.54, 1.807) is 6.20 Å². The molecule has 1 amide bonds. The molecule has 0 bridgehead atoms. The number of halogens is 2. The molecule has 0 aliphatic heterocycles. The third-order valence-electron chi connectivity index (χ3n) is 4.24. The summed E-state index contributed by atoms with van der Waals surface area (Å²) in [5.74, 6) is -1.72. The van der Waals surface area contributed by atoms with E-state index >= 15 is 0 Å². The van der Waals surface area contributed by atoms with E-state index in [0.717, 1.165) is 10.0 Å². The maximum absolute atomic E-state index is 13.0. The van der Waals surface area contributed by atoms with Gasteiger partial charge in [0.15, 0.2) is 0 Å². The van der Waals surface area contributed by atoms with Gasteiger partial charge >= 0.3 is 5.97 Å². The van der Waals surface area contributed by atoms with Crippen molar-refractivity contribution >= 4 is 27.8 Å². The molecule has 1 atom stereocenters. The second kappa shape index (κ2) is 9.42. The van der Waals surface area contributed by atoms with Crippen LogP contribution in [0.4, 0.5) is 4.39 Å². The lowest BCUT2D eigenvalue weighted by Gasteiger charge is -2.15. The fraction of sp³-hybridized carbons (Fsp3) is 0.200. The average molecular weight is 461 g/mol. The summed E-state index contributed by atoms with van der Waals surface area (Å²) in [5, 5.41) is 20.0. The summed E-state index contributed by atoms with van der Waals surface area (Å²) in [7, 11) is 0. The molecule has 3 aromatic rings. The number of nitrogens with one attached hydrogen (secondary N) is 1. The van der Waals surface area contributed by atoms with Crippen LogP contribution in [0.3, 0.4) is 0 Å². The van der Waals surface area contributed by atoms with Crippen LogP contribution in [-0.2, 0) is 17.8 Å². The third-order valence-corrected chi connectivity index (χ3v) is 4.73. The molecule has 9 heteroatoms. The van der Waals surface area contributed by atoms with Crippen LogP contribution in [0.2, 0.25) is 0 Å². The van der Waals surface area contributed by atoms with Crippen molar-refractivity contribution in [3.8, 4) is 0 Å². The van der Waals surface area contributed by atoms with Crippen LogP contribution >= 0.6 is 15.9 Å². The van der Waals surface area contributed by atoms with Crippen molar-refractivity contribution < 1.29 is 19.1 Å². The normalized spacial score (nSPS) is 11.8. The summed E-state index contributed by atoms with van der Waals surface area (Å²) < 4.78 is 15.4. The molecule has 0 aliphatic rings. The predicted molar refractivity (Wildman–Crippen MR) is 107 cm³/mol. The van der Waals surface area contributed by atoms with Gasteiger partial charge in [-0.15, -0.1) is 5.10 Å². The molecule has 2 aromatic carbocycles. The van der Waals surface area contributed by atoms with E-state index in [2.05, 4.69) is 31.6 Å². The molecule has 29 heavy (non-hydrogen) atoms. The Morgan fingerprint density at radius 1 is 1.21 bits per heavy atom. The Balaban J connectivity index is 1.67. The first-order chi connectivity index (χ1) is 13.9. The molecule has 1 aromatic heterocycles. The molecular weight excluding hydrogens is 443 g/mol. The third kappa shape index (κ3) is 5.95. The Hall–Kier alpha value is -3.07. The summed E-state index contributed by atoms with van der Waals surface area (Å²) in [6.45, 7) is 0.118. The van der Waals surface area contributed by atoms with E-state index in [0.29, 0.717) is 17.7 Å². The Morgan fingerprint density at radius 3 is 2.66 bits per heavy atom. The van der Waals surface area contributed by atoms with Gasteiger partial charge in [-0.05, 0) is 48.4 Å². The number of aromatic nitrogens is 3. The maximum Gasteiger partial charge on any atom is 0.305 e. The van der Waals surface area contributed by atoms with E-state index in [9.17, 15) is 19.1 Å². The van der Waals surface area contributed by atoms with Gasteiger partial charge in [-0.25, -0.2) is 9.07 Å². The highest BCUT2D eigenvalue weighted by Crippen LogP contribution is 2.20. The number of carbonyl (C=O) groups is 2. The monoisotopic (exact) mass is 460 g/mol. The van der Waals surface area contributed by atoms with Crippen molar-refractivity contribution in [1.82, 2.24) is 20.3 Å². The largest absolute Gasteiger partial charge is 0.481 e. The zero-order chi connectivity index (χ0) is 20.8. The molecule has 0 spiro atoms. The van der Waals surface area contributed by atoms with Gasteiger partial charge in [-0.2, -0.15) is 0 Å². The maximum atomic E-state index is 13.0. The van der Waals surface area contributed by atoms with Crippen molar-refractivity contribution in [3.63, 3.8) is 0 Å². The number of rotatable bonds is 8. The number of benzene rings is 2. The first-order valence-corrected chi connectivity index (χ1v) is 9.60. The van der Waals surface area contributed by atoms with Gasteiger partial charge in [0, 0.05) is 10.0 Å². The molecular formula is C20H18BrFN4O3.